The minimum absolute atomic E-state index is 0.248. The summed E-state index contributed by atoms with van der Waals surface area (Å²) in [6.07, 6.45) is 1.70. The van der Waals surface area contributed by atoms with Gasteiger partial charge in [-0.1, -0.05) is 19.9 Å². The second kappa shape index (κ2) is 3.77. The third-order valence-electron chi connectivity index (χ3n) is 2.54. The number of hydrogen-bond donors (Lipinski definition) is 0. The molecule has 1 nitrogen and oxygen atoms in total. The molecule has 0 saturated carbocycles. The van der Waals surface area contributed by atoms with Gasteiger partial charge in [-0.3, -0.25) is 4.79 Å². The highest BCUT2D eigenvalue weighted by Crippen LogP contribution is 2.37. The lowest BCUT2D eigenvalue weighted by Crippen LogP contribution is -1.98. The zero-order valence-corrected chi connectivity index (χ0v) is 9.36. The normalized spacial score (nSPS) is 19.4. The third-order valence-corrected chi connectivity index (χ3v) is 3.76. The van der Waals surface area contributed by atoms with Crippen molar-refractivity contribution in [1.29, 1.82) is 0 Å². The van der Waals surface area contributed by atoms with Crippen molar-refractivity contribution in [2.24, 2.45) is 0 Å². The number of hydrogen-bond acceptors (Lipinski definition) is 2. The van der Waals surface area contributed by atoms with Crippen molar-refractivity contribution < 1.29 is 4.79 Å². The van der Waals surface area contributed by atoms with Gasteiger partial charge in [-0.15, -0.1) is 11.8 Å². The van der Waals surface area contributed by atoms with Gasteiger partial charge < -0.3 is 0 Å². The summed E-state index contributed by atoms with van der Waals surface area (Å²) in [5.41, 5.74) is 2.22. The highest BCUT2D eigenvalue weighted by atomic mass is 32.2. The van der Waals surface area contributed by atoms with Gasteiger partial charge in [0.15, 0.2) is 5.78 Å². The van der Waals surface area contributed by atoms with Crippen molar-refractivity contribution in [3.8, 4) is 0 Å². The topological polar surface area (TPSA) is 17.1 Å². The van der Waals surface area contributed by atoms with E-state index in [-0.39, 0.29) is 5.78 Å². The van der Waals surface area contributed by atoms with Crippen LogP contribution in [0.5, 0.6) is 0 Å². The Morgan fingerprint density at radius 1 is 1.57 bits per heavy atom. The van der Waals surface area contributed by atoms with E-state index >= 15 is 0 Å². The maximum Gasteiger partial charge on any atom is 0.162 e. The third kappa shape index (κ3) is 1.71. The second-order valence-electron chi connectivity index (χ2n) is 3.73. The van der Waals surface area contributed by atoms with Crippen molar-refractivity contribution in [2.75, 3.05) is 0 Å². The Hall–Kier alpha value is -0.760. The predicted octanol–water partition coefficient (Wildman–Crippen LogP) is 3.32. The van der Waals surface area contributed by atoms with E-state index in [4.69, 9.17) is 0 Å². The summed E-state index contributed by atoms with van der Waals surface area (Å²) in [7, 11) is 0. The smallest absolute Gasteiger partial charge is 0.162 e. The minimum Gasteiger partial charge on any atom is -0.294 e. The molecule has 1 unspecified atom stereocenters. The van der Waals surface area contributed by atoms with Crippen LogP contribution in [0.2, 0.25) is 0 Å². The molecular formula is C12H14OS. The average Bonchev–Trinajstić information content (AvgIpc) is 2.55. The van der Waals surface area contributed by atoms with Crippen molar-refractivity contribution in [1.82, 2.24) is 0 Å². The van der Waals surface area contributed by atoms with Gasteiger partial charge in [-0.25, -0.2) is 0 Å². The summed E-state index contributed by atoms with van der Waals surface area (Å²) < 4.78 is 0. The van der Waals surface area contributed by atoms with Crippen molar-refractivity contribution in [3.63, 3.8) is 0 Å². The molecule has 0 bridgehead atoms. The summed E-state index contributed by atoms with van der Waals surface area (Å²) in [5, 5.41) is 0.664. The van der Waals surface area contributed by atoms with Gasteiger partial charge in [-0.2, -0.15) is 0 Å². The fraction of sp³-hybridized carbons (Fsp3) is 0.417. The first-order valence-electron chi connectivity index (χ1n) is 5.03. The van der Waals surface area contributed by atoms with E-state index < -0.39 is 0 Å². The lowest BCUT2D eigenvalue weighted by atomic mass is 10.0. The molecule has 2 rings (SSSR count). The summed E-state index contributed by atoms with van der Waals surface area (Å²) >= 11 is 1.91. The van der Waals surface area contributed by atoms with Crippen LogP contribution < -0.4 is 0 Å². The molecule has 0 fully saturated rings. The molecule has 74 valence electrons. The Morgan fingerprint density at radius 3 is 3.07 bits per heavy atom. The van der Waals surface area contributed by atoms with Gasteiger partial charge in [0.1, 0.15) is 0 Å². The minimum atomic E-state index is 0.248. The van der Waals surface area contributed by atoms with E-state index in [1.54, 1.807) is 0 Å². The number of ketones is 1. The molecular weight excluding hydrogens is 192 g/mol. The Balaban J connectivity index is 2.33. The highest BCUT2D eigenvalue weighted by Gasteiger charge is 2.19. The number of Topliss-reactive ketones (excluding diaryl/α,β-unsaturated/α-hetero) is 1. The van der Waals surface area contributed by atoms with Gasteiger partial charge in [0.2, 0.25) is 0 Å². The predicted molar refractivity (Wildman–Crippen MR) is 60.1 cm³/mol. The van der Waals surface area contributed by atoms with Gasteiger partial charge in [0, 0.05) is 22.1 Å². The number of rotatable bonds is 2. The molecule has 0 aromatic heterocycles. The molecule has 0 spiro atoms. The first kappa shape index (κ1) is 9.78. The molecule has 0 N–H and O–H groups in total. The van der Waals surface area contributed by atoms with Crippen LogP contribution in [0, 0.1) is 0 Å². The van der Waals surface area contributed by atoms with Crippen molar-refractivity contribution in [3.05, 3.63) is 29.3 Å². The second-order valence-corrected chi connectivity index (χ2v) is 5.21. The number of fused-ring (bicyclic) bond motifs is 1. The van der Waals surface area contributed by atoms with Crippen LogP contribution in [0.25, 0.3) is 0 Å². The molecule has 1 aliphatic heterocycles. The molecule has 0 aliphatic carbocycles. The molecule has 2 heteroatoms. The molecule has 1 aromatic carbocycles. The summed E-state index contributed by atoms with van der Waals surface area (Å²) in [6.45, 7) is 4.14. The zero-order chi connectivity index (χ0) is 10.1. The SMILES string of the molecule is CCC(=O)c1ccc2c(c1)CC(C)S2. The van der Waals surface area contributed by atoms with E-state index in [9.17, 15) is 4.79 Å². The summed E-state index contributed by atoms with van der Waals surface area (Å²) in [5.74, 6) is 0.248. The molecule has 1 atom stereocenters. The zero-order valence-electron chi connectivity index (χ0n) is 8.54. The van der Waals surface area contributed by atoms with Crippen LogP contribution >= 0.6 is 11.8 Å². The summed E-state index contributed by atoms with van der Waals surface area (Å²) in [4.78, 5) is 12.8. The first-order valence-corrected chi connectivity index (χ1v) is 5.91. The molecule has 0 saturated heterocycles. The average molecular weight is 206 g/mol. The van der Waals surface area contributed by atoms with Crippen LogP contribution in [-0.2, 0) is 6.42 Å². The lowest BCUT2D eigenvalue weighted by Gasteiger charge is -2.01. The largest absolute Gasteiger partial charge is 0.294 e. The number of benzene rings is 1. The van der Waals surface area contributed by atoms with Crippen molar-refractivity contribution >= 4 is 17.5 Å². The fourth-order valence-corrected chi connectivity index (χ4v) is 2.94. The lowest BCUT2D eigenvalue weighted by molar-refractivity contribution is 0.0988. The Bertz CT molecular complexity index is 371. The Labute approximate surface area is 88.9 Å². The quantitative estimate of drug-likeness (QED) is 0.690. The van der Waals surface area contributed by atoms with Crippen LogP contribution in [0.4, 0.5) is 0 Å². The highest BCUT2D eigenvalue weighted by molar-refractivity contribution is 8.00. The number of carbonyl (C=O) groups excluding carboxylic acids is 1. The van der Waals surface area contributed by atoms with Gasteiger partial charge in [0.05, 0.1) is 0 Å². The van der Waals surface area contributed by atoms with E-state index in [0.29, 0.717) is 11.7 Å². The molecule has 14 heavy (non-hydrogen) atoms. The van der Waals surface area contributed by atoms with Gasteiger partial charge in [0.25, 0.3) is 0 Å². The van der Waals surface area contributed by atoms with Gasteiger partial charge in [-0.05, 0) is 24.1 Å². The first-order chi connectivity index (χ1) is 6.70. The molecule has 1 aliphatic rings. The molecule has 1 heterocycles. The fourth-order valence-electron chi connectivity index (χ4n) is 1.80. The van der Waals surface area contributed by atoms with Crippen LogP contribution in [0.15, 0.2) is 23.1 Å². The van der Waals surface area contributed by atoms with Gasteiger partial charge >= 0.3 is 0 Å². The molecule has 1 aromatic rings. The van der Waals surface area contributed by atoms with Crippen molar-refractivity contribution in [2.45, 2.75) is 36.8 Å². The van der Waals surface area contributed by atoms with E-state index in [1.165, 1.54) is 10.5 Å². The maximum atomic E-state index is 11.5. The van der Waals surface area contributed by atoms with Crippen LogP contribution in [-0.4, -0.2) is 11.0 Å². The summed E-state index contributed by atoms with van der Waals surface area (Å²) in [6, 6.07) is 6.11. The van der Waals surface area contributed by atoms with E-state index in [1.807, 2.05) is 24.8 Å². The standard InChI is InChI=1S/C12H14OS/c1-3-11(13)9-4-5-12-10(7-9)6-8(2)14-12/h4-5,7-8H,3,6H2,1-2H3. The Morgan fingerprint density at radius 2 is 2.36 bits per heavy atom. The number of carbonyl (C=O) groups is 1. The molecule has 0 amide bonds. The van der Waals surface area contributed by atoms with Crippen LogP contribution in [0.1, 0.15) is 36.2 Å². The number of thioether (sulfide) groups is 1. The Kier molecular flexibility index (Phi) is 2.64. The molecule has 0 radical (unpaired) electrons. The monoisotopic (exact) mass is 206 g/mol. The van der Waals surface area contributed by atoms with E-state index in [0.717, 1.165) is 12.0 Å². The van der Waals surface area contributed by atoms with E-state index in [2.05, 4.69) is 19.1 Å². The maximum absolute atomic E-state index is 11.5. The van der Waals surface area contributed by atoms with Crippen LogP contribution in [0.3, 0.4) is 0 Å².